The average Bonchev–Trinajstić information content (AvgIpc) is 2.67. The minimum Gasteiger partial charge on any atom is -0.494 e. The lowest BCUT2D eigenvalue weighted by atomic mass is 10.3. The number of methoxy groups -OCH3 is 1. The Balaban J connectivity index is 2.34. The number of nitrogens with one attached hydrogen (secondary N) is 1. The molecule has 0 saturated carbocycles. The van der Waals surface area contributed by atoms with E-state index in [0.717, 1.165) is 8.78 Å². The van der Waals surface area contributed by atoms with E-state index in [1.807, 2.05) is 6.92 Å². The average molecular weight is 471 g/mol. The van der Waals surface area contributed by atoms with Crippen LogP contribution in [0.15, 0.2) is 57.9 Å². The summed E-state index contributed by atoms with van der Waals surface area (Å²) in [5.41, 5.74) is 0.369. The molecule has 0 fully saturated rings. The molecule has 2 aromatic carbocycles. The van der Waals surface area contributed by atoms with Gasteiger partial charge in [0.1, 0.15) is 12.3 Å². The Morgan fingerprint density at radius 2 is 1.75 bits per heavy atom. The maximum atomic E-state index is 13.2. The fourth-order valence-electron chi connectivity index (χ4n) is 2.40. The number of ether oxygens (including phenoxy) is 2. The van der Waals surface area contributed by atoms with E-state index in [1.54, 1.807) is 36.4 Å². The monoisotopic (exact) mass is 470 g/mol. The number of carbonyl (C=O) groups excluding carboxylic acids is 1. The van der Waals surface area contributed by atoms with Crippen molar-refractivity contribution in [3.8, 4) is 5.75 Å². The zero-order chi connectivity index (χ0) is 20.6. The quantitative estimate of drug-likeness (QED) is 0.539. The van der Waals surface area contributed by atoms with Gasteiger partial charge >= 0.3 is 0 Å². The number of sulfonamides is 1. The third kappa shape index (κ3) is 5.95. The molecule has 1 amide bonds. The molecule has 0 heterocycles. The molecule has 0 unspecified atom stereocenters. The molecule has 0 atom stereocenters. The first-order valence-corrected chi connectivity index (χ1v) is 10.9. The maximum absolute atomic E-state index is 13.2. The number of nitrogens with zero attached hydrogens (tertiary/aromatic N) is 1. The lowest BCUT2D eigenvalue weighted by molar-refractivity contribution is -0.119. The van der Waals surface area contributed by atoms with Gasteiger partial charge in [-0.05, 0) is 55.5 Å². The summed E-state index contributed by atoms with van der Waals surface area (Å²) < 4.78 is 38.5. The van der Waals surface area contributed by atoms with Crippen LogP contribution in [0.1, 0.15) is 6.92 Å². The zero-order valence-corrected chi connectivity index (χ0v) is 18.1. The van der Waals surface area contributed by atoms with Crippen LogP contribution < -0.4 is 14.4 Å². The second kappa shape index (κ2) is 10.4. The summed E-state index contributed by atoms with van der Waals surface area (Å²) in [6, 6.07) is 12.8. The second-order valence-corrected chi connectivity index (χ2v) is 8.51. The first-order chi connectivity index (χ1) is 13.4. The van der Waals surface area contributed by atoms with Gasteiger partial charge in [0.15, 0.2) is 0 Å². The molecule has 2 aromatic rings. The fraction of sp³-hybridized carbons (Fsp3) is 0.316. The predicted molar refractivity (Wildman–Crippen MR) is 111 cm³/mol. The highest BCUT2D eigenvalue weighted by atomic mass is 79.9. The minimum absolute atomic E-state index is 0.0919. The van der Waals surface area contributed by atoms with Gasteiger partial charge in [0.2, 0.25) is 5.91 Å². The Labute approximate surface area is 173 Å². The molecule has 0 bridgehead atoms. The van der Waals surface area contributed by atoms with Crippen LogP contribution in [0.3, 0.4) is 0 Å². The molecule has 28 heavy (non-hydrogen) atoms. The predicted octanol–water partition coefficient (Wildman–Crippen LogP) is 2.81. The third-order valence-electron chi connectivity index (χ3n) is 3.75. The summed E-state index contributed by atoms with van der Waals surface area (Å²) in [5, 5.41) is 2.65. The van der Waals surface area contributed by atoms with Gasteiger partial charge in [-0.2, -0.15) is 0 Å². The zero-order valence-electron chi connectivity index (χ0n) is 15.7. The van der Waals surface area contributed by atoms with Crippen LogP contribution in [0.4, 0.5) is 5.69 Å². The van der Waals surface area contributed by atoms with Gasteiger partial charge in [-0.3, -0.25) is 9.10 Å². The molecule has 0 aliphatic carbocycles. The Kier molecular flexibility index (Phi) is 8.28. The molecule has 2 rings (SSSR count). The van der Waals surface area contributed by atoms with Gasteiger partial charge in [0, 0.05) is 18.1 Å². The van der Waals surface area contributed by atoms with Gasteiger partial charge in [-0.25, -0.2) is 8.42 Å². The second-order valence-electron chi connectivity index (χ2n) is 5.74. The Morgan fingerprint density at radius 3 is 2.32 bits per heavy atom. The normalized spacial score (nSPS) is 11.1. The van der Waals surface area contributed by atoms with Crippen LogP contribution in [0, 0.1) is 0 Å². The van der Waals surface area contributed by atoms with Crippen molar-refractivity contribution in [3.05, 3.63) is 53.0 Å². The van der Waals surface area contributed by atoms with Crippen LogP contribution in [0.5, 0.6) is 5.75 Å². The van der Waals surface area contributed by atoms with E-state index in [4.69, 9.17) is 9.47 Å². The van der Waals surface area contributed by atoms with Gasteiger partial charge in [0.25, 0.3) is 10.0 Å². The summed E-state index contributed by atoms with van der Waals surface area (Å²) in [6.45, 7) is 2.65. The van der Waals surface area contributed by atoms with E-state index in [2.05, 4.69) is 21.2 Å². The summed E-state index contributed by atoms with van der Waals surface area (Å²) >= 11 is 3.29. The van der Waals surface area contributed by atoms with Crippen molar-refractivity contribution in [1.29, 1.82) is 0 Å². The molecule has 0 saturated heterocycles. The number of amides is 1. The van der Waals surface area contributed by atoms with Crippen LogP contribution in [-0.2, 0) is 19.6 Å². The van der Waals surface area contributed by atoms with Crippen molar-refractivity contribution < 1.29 is 22.7 Å². The van der Waals surface area contributed by atoms with Crippen LogP contribution in [0.25, 0.3) is 0 Å². The molecule has 0 aliphatic rings. The molecule has 0 radical (unpaired) electrons. The van der Waals surface area contributed by atoms with Crippen molar-refractivity contribution in [2.75, 3.05) is 37.7 Å². The summed E-state index contributed by atoms with van der Waals surface area (Å²) in [6.07, 6.45) is 0. The van der Waals surface area contributed by atoms with Gasteiger partial charge < -0.3 is 14.8 Å². The van der Waals surface area contributed by atoms with Gasteiger partial charge in [0.05, 0.1) is 23.8 Å². The van der Waals surface area contributed by atoms with Crippen LogP contribution in [0.2, 0.25) is 0 Å². The lowest BCUT2D eigenvalue weighted by Gasteiger charge is -2.24. The van der Waals surface area contributed by atoms with E-state index in [0.29, 0.717) is 31.2 Å². The SMILES string of the molecule is CCOc1ccc(N(CC(=O)NCCOC)S(=O)(=O)c2ccc(Br)cc2)cc1. The van der Waals surface area contributed by atoms with Gasteiger partial charge in [-0.1, -0.05) is 15.9 Å². The summed E-state index contributed by atoms with van der Waals surface area (Å²) in [4.78, 5) is 12.4. The highest BCUT2D eigenvalue weighted by Crippen LogP contribution is 2.26. The number of carbonyl (C=O) groups is 1. The van der Waals surface area contributed by atoms with E-state index in [-0.39, 0.29) is 11.4 Å². The van der Waals surface area contributed by atoms with E-state index >= 15 is 0 Å². The van der Waals surface area contributed by atoms with Crippen LogP contribution >= 0.6 is 15.9 Å². The van der Waals surface area contributed by atoms with E-state index in [1.165, 1.54) is 19.2 Å². The number of hydrogen-bond acceptors (Lipinski definition) is 5. The van der Waals surface area contributed by atoms with Crippen molar-refractivity contribution in [1.82, 2.24) is 5.32 Å². The Hall–Kier alpha value is -2.10. The maximum Gasteiger partial charge on any atom is 0.264 e. The number of halogens is 1. The standard InChI is InChI=1S/C19H23BrN2O5S/c1-3-27-17-8-6-16(7-9-17)22(14-19(23)21-12-13-26-2)28(24,25)18-10-4-15(20)5-11-18/h4-11H,3,12-14H2,1-2H3,(H,21,23). The van der Waals surface area contributed by atoms with Crippen molar-refractivity contribution in [2.24, 2.45) is 0 Å². The molecule has 0 aliphatic heterocycles. The third-order valence-corrected chi connectivity index (χ3v) is 6.07. The molecule has 0 aromatic heterocycles. The molecule has 0 spiro atoms. The summed E-state index contributed by atoms with van der Waals surface area (Å²) in [5.74, 6) is 0.198. The van der Waals surface area contributed by atoms with Gasteiger partial charge in [-0.15, -0.1) is 0 Å². The number of anilines is 1. The lowest BCUT2D eigenvalue weighted by Crippen LogP contribution is -2.41. The number of benzene rings is 2. The highest BCUT2D eigenvalue weighted by Gasteiger charge is 2.27. The van der Waals surface area contributed by atoms with Crippen molar-refractivity contribution in [2.45, 2.75) is 11.8 Å². The van der Waals surface area contributed by atoms with Crippen molar-refractivity contribution >= 4 is 37.5 Å². The number of hydrogen-bond donors (Lipinski definition) is 1. The highest BCUT2D eigenvalue weighted by molar-refractivity contribution is 9.10. The van der Waals surface area contributed by atoms with Crippen LogP contribution in [-0.4, -0.2) is 47.7 Å². The topological polar surface area (TPSA) is 84.9 Å². The summed E-state index contributed by atoms with van der Waals surface area (Å²) in [7, 11) is -2.42. The van der Waals surface area contributed by atoms with E-state index in [9.17, 15) is 13.2 Å². The molecule has 7 nitrogen and oxygen atoms in total. The van der Waals surface area contributed by atoms with E-state index < -0.39 is 15.9 Å². The minimum atomic E-state index is -3.94. The van der Waals surface area contributed by atoms with Crippen molar-refractivity contribution in [3.63, 3.8) is 0 Å². The fourth-order valence-corrected chi connectivity index (χ4v) is 4.09. The number of rotatable bonds is 10. The molecule has 152 valence electrons. The molecule has 9 heteroatoms. The first kappa shape index (κ1) is 22.2. The Morgan fingerprint density at radius 1 is 1.11 bits per heavy atom. The Bertz CT molecular complexity index is 870. The molecule has 1 N–H and O–H groups in total. The molecular formula is C19H23BrN2O5S. The first-order valence-electron chi connectivity index (χ1n) is 8.65. The smallest absolute Gasteiger partial charge is 0.264 e. The molecular weight excluding hydrogens is 448 g/mol. The largest absolute Gasteiger partial charge is 0.494 e.